The molecule has 0 bridgehead atoms. The van der Waals surface area contributed by atoms with Gasteiger partial charge in [-0.15, -0.1) is 0 Å². The Kier molecular flexibility index (Phi) is 7.65. The summed E-state index contributed by atoms with van der Waals surface area (Å²) < 4.78 is 65.0. The van der Waals surface area contributed by atoms with Crippen LogP contribution in [0.3, 0.4) is 0 Å². The van der Waals surface area contributed by atoms with E-state index < -0.39 is 35.1 Å². The summed E-state index contributed by atoms with van der Waals surface area (Å²) in [6, 6.07) is 4.81. The zero-order valence-corrected chi connectivity index (χ0v) is 23.5. The molecule has 4 heterocycles. The van der Waals surface area contributed by atoms with Gasteiger partial charge in [0.25, 0.3) is 11.5 Å². The summed E-state index contributed by atoms with van der Waals surface area (Å²) in [7, 11) is 1.39. The Hall–Kier alpha value is -4.48. The van der Waals surface area contributed by atoms with Gasteiger partial charge >= 0.3 is 6.18 Å². The summed E-state index contributed by atoms with van der Waals surface area (Å²) in [6.45, 7) is 5.98. The number of alkyl halides is 3. The summed E-state index contributed by atoms with van der Waals surface area (Å²) in [6.07, 6.45) is 1.03. The SMILES string of the molecule is CCOc1cc([C@H](C)N2CCc3c(cc(Cn4ccnc4C)cc3-c3cn(C)c(=O)cc3C(F)(F)F)C2=O)ncc1F. The van der Waals surface area contributed by atoms with Crippen LogP contribution in [-0.2, 0) is 26.2 Å². The molecule has 42 heavy (non-hydrogen) atoms. The van der Waals surface area contributed by atoms with Crippen molar-refractivity contribution in [3.8, 4) is 16.9 Å². The van der Waals surface area contributed by atoms with Gasteiger partial charge in [0.1, 0.15) is 5.82 Å². The lowest BCUT2D eigenvalue weighted by Crippen LogP contribution is -2.40. The van der Waals surface area contributed by atoms with Gasteiger partial charge in [-0.3, -0.25) is 14.6 Å². The number of rotatable bonds is 7. The first-order valence-electron chi connectivity index (χ1n) is 13.4. The zero-order chi connectivity index (χ0) is 30.3. The molecule has 1 aromatic carbocycles. The first-order valence-corrected chi connectivity index (χ1v) is 13.4. The summed E-state index contributed by atoms with van der Waals surface area (Å²) in [4.78, 5) is 36.2. The Morgan fingerprint density at radius 3 is 2.48 bits per heavy atom. The number of aryl methyl sites for hydroxylation is 2. The maximum atomic E-state index is 14.2. The van der Waals surface area contributed by atoms with Gasteiger partial charge in [-0.25, -0.2) is 9.37 Å². The third kappa shape index (κ3) is 5.40. The van der Waals surface area contributed by atoms with Crippen molar-refractivity contribution in [1.82, 2.24) is 24.0 Å². The second kappa shape index (κ2) is 11.1. The van der Waals surface area contributed by atoms with E-state index in [1.807, 2.05) is 4.57 Å². The first-order chi connectivity index (χ1) is 19.9. The number of pyridine rings is 2. The van der Waals surface area contributed by atoms with Crippen LogP contribution in [0.4, 0.5) is 17.6 Å². The van der Waals surface area contributed by atoms with Crippen LogP contribution in [0.1, 0.15) is 58.5 Å². The molecule has 5 rings (SSSR count). The maximum Gasteiger partial charge on any atom is 0.417 e. The van der Waals surface area contributed by atoms with E-state index in [1.165, 1.54) is 19.3 Å². The molecule has 1 atom stereocenters. The van der Waals surface area contributed by atoms with E-state index >= 15 is 0 Å². The first kappa shape index (κ1) is 29.0. The average molecular weight is 584 g/mol. The second-order valence-corrected chi connectivity index (χ2v) is 10.2. The quantitative estimate of drug-likeness (QED) is 0.275. The van der Waals surface area contributed by atoms with Crippen molar-refractivity contribution in [2.75, 3.05) is 13.2 Å². The van der Waals surface area contributed by atoms with Crippen molar-refractivity contribution in [1.29, 1.82) is 0 Å². The van der Waals surface area contributed by atoms with Gasteiger partial charge in [0.15, 0.2) is 11.6 Å². The topological polar surface area (TPSA) is 82.2 Å². The second-order valence-electron chi connectivity index (χ2n) is 10.2. The van der Waals surface area contributed by atoms with Crippen LogP contribution in [0.25, 0.3) is 11.1 Å². The number of amides is 1. The summed E-state index contributed by atoms with van der Waals surface area (Å²) in [5.74, 6) is -0.295. The number of nitrogens with zero attached hydrogens (tertiary/aromatic N) is 5. The predicted octanol–water partition coefficient (Wildman–Crippen LogP) is 5.32. The molecular weight excluding hydrogens is 554 g/mol. The van der Waals surface area contributed by atoms with Gasteiger partial charge in [0.2, 0.25) is 0 Å². The smallest absolute Gasteiger partial charge is 0.417 e. The fourth-order valence-electron chi connectivity index (χ4n) is 5.32. The number of ether oxygens (including phenoxy) is 1. The number of benzene rings is 1. The van der Waals surface area contributed by atoms with E-state index in [0.29, 0.717) is 28.7 Å². The van der Waals surface area contributed by atoms with E-state index in [2.05, 4.69) is 9.97 Å². The summed E-state index contributed by atoms with van der Waals surface area (Å²) >= 11 is 0. The summed E-state index contributed by atoms with van der Waals surface area (Å²) in [5, 5.41) is 0. The molecule has 0 fully saturated rings. The lowest BCUT2D eigenvalue weighted by atomic mass is 9.86. The van der Waals surface area contributed by atoms with Crippen molar-refractivity contribution >= 4 is 5.91 Å². The van der Waals surface area contributed by atoms with Gasteiger partial charge in [0, 0.05) is 62.0 Å². The van der Waals surface area contributed by atoms with E-state index in [-0.39, 0.29) is 48.6 Å². The molecule has 8 nitrogen and oxygen atoms in total. The monoisotopic (exact) mass is 583 g/mol. The third-order valence-electron chi connectivity index (χ3n) is 7.54. The molecule has 0 N–H and O–H groups in total. The normalized spacial score (nSPS) is 14.2. The molecule has 1 aliphatic rings. The van der Waals surface area contributed by atoms with E-state index in [4.69, 9.17) is 4.74 Å². The fraction of sp³-hybridized carbons (Fsp3) is 0.333. The van der Waals surface area contributed by atoms with Crippen LogP contribution in [0.2, 0.25) is 0 Å². The van der Waals surface area contributed by atoms with E-state index in [0.717, 1.165) is 10.8 Å². The van der Waals surface area contributed by atoms with Crippen LogP contribution < -0.4 is 10.3 Å². The van der Waals surface area contributed by atoms with Gasteiger partial charge in [0.05, 0.1) is 30.1 Å². The van der Waals surface area contributed by atoms with Crippen LogP contribution in [0.5, 0.6) is 5.75 Å². The molecular formula is C30H29F4N5O3. The minimum atomic E-state index is -4.79. The van der Waals surface area contributed by atoms with Gasteiger partial charge in [-0.1, -0.05) is 0 Å². The molecule has 0 saturated carbocycles. The van der Waals surface area contributed by atoms with Crippen molar-refractivity contribution < 1.29 is 27.1 Å². The Labute approximate surface area is 239 Å². The number of hydrogen-bond acceptors (Lipinski definition) is 5. The van der Waals surface area contributed by atoms with Gasteiger partial charge in [-0.2, -0.15) is 13.2 Å². The highest BCUT2D eigenvalue weighted by atomic mass is 19.4. The molecule has 0 unspecified atom stereocenters. The highest BCUT2D eigenvalue weighted by Crippen LogP contribution is 2.41. The fourth-order valence-corrected chi connectivity index (χ4v) is 5.32. The highest BCUT2D eigenvalue weighted by Gasteiger charge is 2.37. The number of carbonyl (C=O) groups is 1. The molecule has 3 aromatic heterocycles. The standard InChI is InChI=1S/C30H29F4N5O3/c1-5-42-27-13-26(36-14-25(27)31)17(2)39-8-6-20-21(23-16-37(4)28(40)12-24(23)30(32,33)34)10-19(11-22(20)29(39)41)15-38-9-7-35-18(38)3/h7,9-14,16-17H,5-6,8,15H2,1-4H3/t17-/m0/s1. The van der Waals surface area contributed by atoms with Crippen LogP contribution in [0.15, 0.2) is 53.8 Å². The minimum Gasteiger partial charge on any atom is -0.491 e. The molecule has 220 valence electrons. The van der Waals surface area contributed by atoms with Gasteiger partial charge < -0.3 is 18.8 Å². The summed E-state index contributed by atoms with van der Waals surface area (Å²) in [5.41, 5.74) is -0.0744. The lowest BCUT2D eigenvalue weighted by Gasteiger charge is -2.35. The molecule has 1 amide bonds. The Morgan fingerprint density at radius 2 is 1.81 bits per heavy atom. The van der Waals surface area contributed by atoms with Crippen LogP contribution in [0, 0.1) is 12.7 Å². The molecule has 1 aliphatic heterocycles. The Morgan fingerprint density at radius 1 is 1.07 bits per heavy atom. The number of hydrogen-bond donors (Lipinski definition) is 0. The van der Waals surface area contributed by atoms with Crippen molar-refractivity contribution in [3.63, 3.8) is 0 Å². The van der Waals surface area contributed by atoms with E-state index in [9.17, 15) is 27.2 Å². The highest BCUT2D eigenvalue weighted by molar-refractivity contribution is 5.99. The van der Waals surface area contributed by atoms with Crippen LogP contribution >= 0.6 is 0 Å². The number of aromatic nitrogens is 4. The largest absolute Gasteiger partial charge is 0.491 e. The zero-order valence-electron chi connectivity index (χ0n) is 23.5. The number of carbonyl (C=O) groups excluding carboxylic acids is 1. The maximum absolute atomic E-state index is 14.2. The number of halogens is 4. The molecule has 4 aromatic rings. The average Bonchev–Trinajstić information content (AvgIpc) is 3.34. The van der Waals surface area contributed by atoms with Crippen molar-refractivity contribution in [3.05, 3.63) is 99.0 Å². The van der Waals surface area contributed by atoms with E-state index in [1.54, 1.807) is 50.2 Å². The number of fused-ring (bicyclic) bond motifs is 1. The van der Waals surface area contributed by atoms with Crippen molar-refractivity contribution in [2.45, 2.75) is 46.0 Å². The third-order valence-corrected chi connectivity index (χ3v) is 7.54. The molecule has 0 aliphatic carbocycles. The minimum absolute atomic E-state index is 0.0221. The molecule has 0 saturated heterocycles. The lowest BCUT2D eigenvalue weighted by molar-refractivity contribution is -0.137. The van der Waals surface area contributed by atoms with Crippen molar-refractivity contribution in [2.24, 2.45) is 7.05 Å². The molecule has 0 radical (unpaired) electrons. The van der Waals surface area contributed by atoms with Gasteiger partial charge in [-0.05, 0) is 56.0 Å². The molecule has 12 heteroatoms. The Bertz CT molecular complexity index is 1730. The predicted molar refractivity (Wildman–Crippen MR) is 147 cm³/mol. The Balaban J connectivity index is 1.65. The molecule has 0 spiro atoms. The number of imidazole rings is 1. The van der Waals surface area contributed by atoms with Crippen LogP contribution in [-0.4, -0.2) is 43.1 Å².